The number of aryl methyl sites for hydroxylation is 1. The molecule has 5 rings (SSSR count). The molecule has 7 heteroatoms. The smallest absolute Gasteiger partial charge is 0.143 e. The van der Waals surface area contributed by atoms with Crippen molar-refractivity contribution in [2.75, 3.05) is 18.4 Å². The summed E-state index contributed by atoms with van der Waals surface area (Å²) in [5.74, 6) is 0.795. The van der Waals surface area contributed by atoms with Gasteiger partial charge in [-0.15, -0.1) is 11.3 Å². The lowest BCUT2D eigenvalue weighted by Gasteiger charge is -2.16. The van der Waals surface area contributed by atoms with Crippen LogP contribution in [-0.4, -0.2) is 32.9 Å². The molecule has 0 amide bonds. The van der Waals surface area contributed by atoms with Crippen LogP contribution in [0.1, 0.15) is 24.1 Å². The Morgan fingerprint density at radius 2 is 1.97 bits per heavy atom. The van der Waals surface area contributed by atoms with Crippen molar-refractivity contribution < 1.29 is 0 Å². The van der Waals surface area contributed by atoms with Crippen molar-refractivity contribution in [3.8, 4) is 10.7 Å². The third-order valence-electron chi connectivity index (χ3n) is 5.36. The molecular weight excluding hydrogens is 414 g/mol. The molecular formula is C23H22ClN5S. The Labute approximate surface area is 184 Å². The first-order valence-electron chi connectivity index (χ1n) is 10.1. The second-order valence-corrected chi connectivity index (χ2v) is 9.04. The molecule has 0 saturated carbocycles. The van der Waals surface area contributed by atoms with Gasteiger partial charge in [-0.25, -0.2) is 9.97 Å². The van der Waals surface area contributed by atoms with Gasteiger partial charge in [-0.3, -0.25) is 9.88 Å². The summed E-state index contributed by atoms with van der Waals surface area (Å²) in [6.45, 7) is 5.10. The zero-order chi connectivity index (χ0) is 20.5. The molecule has 1 N–H and O–H groups in total. The van der Waals surface area contributed by atoms with Gasteiger partial charge < -0.3 is 5.32 Å². The van der Waals surface area contributed by atoms with Gasteiger partial charge >= 0.3 is 0 Å². The Bertz CT molecular complexity index is 1200. The van der Waals surface area contributed by atoms with E-state index in [-0.39, 0.29) is 0 Å². The molecule has 152 valence electrons. The minimum absolute atomic E-state index is 0.720. The third-order valence-corrected chi connectivity index (χ3v) is 6.75. The summed E-state index contributed by atoms with van der Waals surface area (Å²) < 4.78 is 1.14. The van der Waals surface area contributed by atoms with Crippen LogP contribution in [0.3, 0.4) is 0 Å². The molecule has 0 unspecified atom stereocenters. The number of hydrogen-bond donors (Lipinski definition) is 1. The molecule has 0 aliphatic carbocycles. The molecule has 1 aliphatic heterocycles. The summed E-state index contributed by atoms with van der Waals surface area (Å²) in [5, 5.41) is 5.07. The lowest BCUT2D eigenvalue weighted by atomic mass is 10.2. The van der Waals surface area contributed by atoms with E-state index in [1.807, 2.05) is 24.4 Å². The van der Waals surface area contributed by atoms with Gasteiger partial charge in [0.05, 0.1) is 20.9 Å². The summed E-state index contributed by atoms with van der Waals surface area (Å²) in [7, 11) is 0. The minimum Gasteiger partial charge on any atom is -0.340 e. The molecule has 4 heterocycles. The predicted molar refractivity (Wildman–Crippen MR) is 125 cm³/mol. The minimum atomic E-state index is 0.720. The number of rotatable bonds is 5. The number of nitrogens with zero attached hydrogens (tertiary/aromatic N) is 4. The number of pyridine rings is 2. The number of anilines is 2. The highest BCUT2D eigenvalue weighted by molar-refractivity contribution is 7.21. The molecule has 0 atom stereocenters. The second kappa shape index (κ2) is 8.30. The number of thiazole rings is 1. The zero-order valence-corrected chi connectivity index (χ0v) is 18.3. The van der Waals surface area contributed by atoms with Crippen molar-refractivity contribution in [1.29, 1.82) is 0 Å². The van der Waals surface area contributed by atoms with Crippen LogP contribution in [0.4, 0.5) is 11.5 Å². The average molecular weight is 436 g/mol. The predicted octanol–water partition coefficient (Wildman–Crippen LogP) is 6.05. The van der Waals surface area contributed by atoms with Crippen LogP contribution in [0.5, 0.6) is 0 Å². The monoisotopic (exact) mass is 435 g/mol. The Hall–Kier alpha value is -2.54. The van der Waals surface area contributed by atoms with Gasteiger partial charge in [-0.2, -0.15) is 0 Å². The number of halogens is 1. The normalized spacial score (nSPS) is 14.5. The maximum absolute atomic E-state index is 6.40. The number of likely N-dealkylation sites (tertiary alicyclic amines) is 1. The summed E-state index contributed by atoms with van der Waals surface area (Å²) in [6.07, 6.45) is 4.32. The number of hydrogen-bond acceptors (Lipinski definition) is 6. The van der Waals surface area contributed by atoms with Crippen LogP contribution in [0.2, 0.25) is 5.02 Å². The number of fused-ring (bicyclic) bond motifs is 1. The van der Waals surface area contributed by atoms with Crippen LogP contribution < -0.4 is 5.32 Å². The van der Waals surface area contributed by atoms with Crippen LogP contribution in [0, 0.1) is 6.92 Å². The summed E-state index contributed by atoms with van der Waals surface area (Å²) in [6, 6.07) is 14.1. The van der Waals surface area contributed by atoms with E-state index in [0.717, 1.165) is 68.3 Å². The topological polar surface area (TPSA) is 53.9 Å². The fourth-order valence-corrected chi connectivity index (χ4v) is 4.95. The van der Waals surface area contributed by atoms with Gasteiger partial charge in [0.2, 0.25) is 0 Å². The Balaban J connectivity index is 1.39. The van der Waals surface area contributed by atoms with Gasteiger partial charge in [0.25, 0.3) is 0 Å². The molecule has 1 fully saturated rings. The molecule has 30 heavy (non-hydrogen) atoms. The first-order chi connectivity index (χ1) is 14.7. The fraction of sp³-hybridized carbons (Fsp3) is 0.261. The lowest BCUT2D eigenvalue weighted by molar-refractivity contribution is 0.327. The van der Waals surface area contributed by atoms with Gasteiger partial charge in [-0.1, -0.05) is 17.7 Å². The van der Waals surface area contributed by atoms with Crippen LogP contribution in [-0.2, 0) is 6.54 Å². The first kappa shape index (κ1) is 19.4. The van der Waals surface area contributed by atoms with Crippen molar-refractivity contribution in [3.05, 3.63) is 64.9 Å². The van der Waals surface area contributed by atoms with Gasteiger partial charge in [-0.05, 0) is 74.8 Å². The van der Waals surface area contributed by atoms with Crippen LogP contribution in [0.25, 0.3) is 20.9 Å². The largest absolute Gasteiger partial charge is 0.340 e. The Morgan fingerprint density at radius 1 is 1.10 bits per heavy atom. The highest BCUT2D eigenvalue weighted by atomic mass is 35.5. The molecule has 1 aliphatic rings. The molecule has 0 radical (unpaired) electrons. The van der Waals surface area contributed by atoms with Crippen molar-refractivity contribution in [2.45, 2.75) is 26.3 Å². The van der Waals surface area contributed by atoms with E-state index in [1.165, 1.54) is 12.8 Å². The zero-order valence-electron chi connectivity index (χ0n) is 16.7. The standard InChI is InChI=1S/C23H22ClN5S/c1-15-5-4-10-25-22(15)23-28-18-13-16(6-8-20(18)30-23)26-21-9-7-17(24)19(27-21)14-29-11-2-3-12-29/h4-10,13H,2-3,11-12,14H2,1H3,(H,26,27). The number of benzene rings is 1. The fourth-order valence-electron chi connectivity index (χ4n) is 3.78. The summed E-state index contributed by atoms with van der Waals surface area (Å²) in [5.41, 5.74) is 4.91. The quantitative estimate of drug-likeness (QED) is 0.413. The van der Waals surface area contributed by atoms with E-state index < -0.39 is 0 Å². The molecule has 0 spiro atoms. The molecule has 1 aromatic carbocycles. The number of aromatic nitrogens is 3. The van der Waals surface area contributed by atoms with E-state index in [9.17, 15) is 0 Å². The molecule has 5 nitrogen and oxygen atoms in total. The highest BCUT2D eigenvalue weighted by Crippen LogP contribution is 2.32. The maximum Gasteiger partial charge on any atom is 0.143 e. The van der Waals surface area contributed by atoms with E-state index >= 15 is 0 Å². The molecule has 1 saturated heterocycles. The molecule has 3 aromatic heterocycles. The van der Waals surface area contributed by atoms with E-state index in [2.05, 4.69) is 46.4 Å². The summed E-state index contributed by atoms with van der Waals surface area (Å²) in [4.78, 5) is 16.5. The SMILES string of the molecule is Cc1cccnc1-c1nc2cc(Nc3ccc(Cl)c(CN4CCCC4)n3)ccc2s1. The van der Waals surface area contributed by atoms with Gasteiger partial charge in [0.15, 0.2) is 0 Å². The van der Waals surface area contributed by atoms with Gasteiger partial charge in [0, 0.05) is 18.4 Å². The average Bonchev–Trinajstić information content (AvgIpc) is 3.40. The molecule has 4 aromatic rings. The maximum atomic E-state index is 6.40. The highest BCUT2D eigenvalue weighted by Gasteiger charge is 2.15. The van der Waals surface area contributed by atoms with Gasteiger partial charge in [0.1, 0.15) is 16.5 Å². The summed E-state index contributed by atoms with van der Waals surface area (Å²) >= 11 is 8.06. The lowest BCUT2D eigenvalue weighted by Crippen LogP contribution is -2.19. The van der Waals surface area contributed by atoms with Crippen molar-refractivity contribution in [2.24, 2.45) is 0 Å². The first-order valence-corrected chi connectivity index (χ1v) is 11.3. The third kappa shape index (κ3) is 4.03. The van der Waals surface area contributed by atoms with Crippen LogP contribution in [0.15, 0.2) is 48.7 Å². The van der Waals surface area contributed by atoms with Crippen molar-refractivity contribution in [3.63, 3.8) is 0 Å². The van der Waals surface area contributed by atoms with Crippen molar-refractivity contribution in [1.82, 2.24) is 19.9 Å². The Morgan fingerprint density at radius 3 is 2.80 bits per heavy atom. The number of nitrogens with one attached hydrogen (secondary N) is 1. The van der Waals surface area contributed by atoms with E-state index in [0.29, 0.717) is 0 Å². The van der Waals surface area contributed by atoms with Crippen LogP contribution >= 0.6 is 22.9 Å². The van der Waals surface area contributed by atoms with Crippen molar-refractivity contribution >= 4 is 44.7 Å². The Kier molecular flexibility index (Phi) is 5.37. The second-order valence-electron chi connectivity index (χ2n) is 7.60. The van der Waals surface area contributed by atoms with E-state index in [4.69, 9.17) is 21.6 Å². The van der Waals surface area contributed by atoms with E-state index in [1.54, 1.807) is 11.3 Å². The molecule has 0 bridgehead atoms.